The van der Waals surface area contributed by atoms with Crippen molar-refractivity contribution in [2.24, 2.45) is 0 Å². The van der Waals surface area contributed by atoms with E-state index in [1.165, 1.54) is 17.0 Å². The second-order valence-corrected chi connectivity index (χ2v) is 8.02. The summed E-state index contributed by atoms with van der Waals surface area (Å²) in [6.45, 7) is 5.11. The summed E-state index contributed by atoms with van der Waals surface area (Å²) in [4.78, 5) is 9.87. The highest BCUT2D eigenvalue weighted by Gasteiger charge is 2.49. The third-order valence-corrected chi connectivity index (χ3v) is 5.65. The number of benzene rings is 1. The Balaban J connectivity index is 1.75. The van der Waals surface area contributed by atoms with Crippen LogP contribution in [0.5, 0.6) is 0 Å². The number of halogens is 5. The number of anilines is 1. The van der Waals surface area contributed by atoms with Gasteiger partial charge in [0, 0.05) is 25.2 Å². The Hall–Kier alpha value is -2.97. The van der Waals surface area contributed by atoms with Crippen LogP contribution in [-0.2, 0) is 12.5 Å². The van der Waals surface area contributed by atoms with Crippen molar-refractivity contribution >= 4 is 17.8 Å². The van der Waals surface area contributed by atoms with Crippen LogP contribution in [0.1, 0.15) is 36.7 Å². The van der Waals surface area contributed by atoms with Crippen molar-refractivity contribution in [1.29, 1.82) is 0 Å². The smallest absolute Gasteiger partial charge is 0.273 e. The van der Waals surface area contributed by atoms with Gasteiger partial charge in [-0.3, -0.25) is 0 Å². The molecule has 1 fully saturated rings. The van der Waals surface area contributed by atoms with E-state index in [0.29, 0.717) is 19.8 Å². The van der Waals surface area contributed by atoms with Gasteiger partial charge in [-0.15, -0.1) is 0 Å². The van der Waals surface area contributed by atoms with Crippen LogP contribution < -0.4 is 15.9 Å². The standard InChI is InChI=1S/C22H21F5N4/c1-12-17(24)19-15(10-31(12)22(11-23)7-8-22)20(30-13(2)29-19)28-9-14-5-4-6-16(18(14)25)21(3,26)27/h4-6,10H,1,7-9,11H2,2-3H3,(H,28,29,30). The van der Waals surface area contributed by atoms with E-state index in [1.54, 1.807) is 13.1 Å². The van der Waals surface area contributed by atoms with Crippen LogP contribution in [-0.4, -0.2) is 27.1 Å². The van der Waals surface area contributed by atoms with E-state index in [4.69, 9.17) is 0 Å². The van der Waals surface area contributed by atoms with Crippen LogP contribution in [0.25, 0.3) is 12.0 Å². The monoisotopic (exact) mass is 436 g/mol. The first kappa shape index (κ1) is 21.3. The quantitative estimate of drug-likeness (QED) is 0.700. The minimum absolute atomic E-state index is 0.000206. The maximum absolute atomic E-state index is 15.1. The highest BCUT2D eigenvalue weighted by Crippen LogP contribution is 2.46. The van der Waals surface area contributed by atoms with Crippen LogP contribution in [0.3, 0.4) is 0 Å². The number of hydrogen-bond donors (Lipinski definition) is 1. The van der Waals surface area contributed by atoms with Gasteiger partial charge in [-0.25, -0.2) is 31.9 Å². The number of aromatic nitrogens is 2. The van der Waals surface area contributed by atoms with Crippen molar-refractivity contribution in [3.8, 4) is 0 Å². The Kier molecular flexibility index (Phi) is 5.02. The van der Waals surface area contributed by atoms with E-state index in [2.05, 4.69) is 21.9 Å². The minimum atomic E-state index is -3.33. The van der Waals surface area contributed by atoms with Gasteiger partial charge in [-0.2, -0.15) is 0 Å². The molecule has 1 saturated carbocycles. The molecule has 2 aliphatic rings. The van der Waals surface area contributed by atoms with Gasteiger partial charge < -0.3 is 10.2 Å². The summed E-state index contributed by atoms with van der Waals surface area (Å²) < 4.78 is 70.5. The Labute approximate surface area is 175 Å². The first-order chi connectivity index (χ1) is 14.6. The van der Waals surface area contributed by atoms with E-state index >= 15 is 4.39 Å². The molecule has 0 bridgehead atoms. The van der Waals surface area contributed by atoms with Gasteiger partial charge in [0.25, 0.3) is 5.92 Å². The molecule has 1 N–H and O–H groups in total. The normalized spacial score (nSPS) is 17.3. The first-order valence-electron chi connectivity index (χ1n) is 9.78. The SMILES string of the molecule is C=C1C(F)=c2nc(C)nc(NCc3cccc(C(C)(F)F)c3F)c2=CN1C1(CF)CC1. The summed E-state index contributed by atoms with van der Waals surface area (Å²) in [5.74, 6) is -4.59. The molecule has 31 heavy (non-hydrogen) atoms. The minimum Gasteiger partial charge on any atom is -0.365 e. The van der Waals surface area contributed by atoms with Crippen molar-refractivity contribution in [1.82, 2.24) is 14.9 Å². The molecule has 0 saturated heterocycles. The lowest BCUT2D eigenvalue weighted by Gasteiger charge is -2.31. The number of rotatable bonds is 6. The van der Waals surface area contributed by atoms with Crippen LogP contribution in [0, 0.1) is 12.7 Å². The number of alkyl halides is 3. The number of allylic oxidation sites excluding steroid dienone is 1. The lowest BCUT2D eigenvalue weighted by molar-refractivity contribution is 0.0136. The Morgan fingerprint density at radius 1 is 1.23 bits per heavy atom. The number of aryl methyl sites for hydroxylation is 1. The van der Waals surface area contributed by atoms with E-state index in [0.717, 1.165) is 6.07 Å². The van der Waals surface area contributed by atoms with E-state index in [-0.39, 0.29) is 40.0 Å². The molecule has 1 aromatic carbocycles. The molecule has 0 unspecified atom stereocenters. The van der Waals surface area contributed by atoms with Crippen molar-refractivity contribution < 1.29 is 22.0 Å². The average molecular weight is 436 g/mol. The van der Waals surface area contributed by atoms with Gasteiger partial charge in [0.15, 0.2) is 5.83 Å². The fourth-order valence-electron chi connectivity index (χ4n) is 3.70. The summed E-state index contributed by atoms with van der Waals surface area (Å²) >= 11 is 0. The molecule has 9 heteroatoms. The van der Waals surface area contributed by atoms with Crippen LogP contribution in [0.15, 0.2) is 30.5 Å². The molecule has 0 spiro atoms. The van der Waals surface area contributed by atoms with Crippen molar-refractivity contribution in [3.05, 3.63) is 63.8 Å². The summed E-state index contributed by atoms with van der Waals surface area (Å²) in [6, 6.07) is 3.75. The van der Waals surface area contributed by atoms with Crippen molar-refractivity contribution in [3.63, 3.8) is 0 Å². The van der Waals surface area contributed by atoms with Gasteiger partial charge in [0.2, 0.25) is 0 Å². The predicted octanol–water partition coefficient (Wildman–Crippen LogP) is 3.80. The van der Waals surface area contributed by atoms with Gasteiger partial charge in [-0.1, -0.05) is 24.8 Å². The maximum Gasteiger partial charge on any atom is 0.273 e. The largest absolute Gasteiger partial charge is 0.365 e. The van der Waals surface area contributed by atoms with Gasteiger partial charge >= 0.3 is 0 Å². The van der Waals surface area contributed by atoms with Gasteiger partial charge in [0.1, 0.15) is 29.5 Å². The lowest BCUT2D eigenvalue weighted by Crippen LogP contribution is -2.45. The van der Waals surface area contributed by atoms with Crippen molar-refractivity contribution in [2.45, 2.75) is 44.7 Å². The van der Waals surface area contributed by atoms with Crippen LogP contribution >= 0.6 is 0 Å². The second-order valence-electron chi connectivity index (χ2n) is 8.02. The molecule has 4 rings (SSSR count). The van der Waals surface area contributed by atoms with Gasteiger partial charge in [-0.05, 0) is 19.8 Å². The van der Waals surface area contributed by atoms with Crippen LogP contribution in [0.4, 0.5) is 27.8 Å². The Bertz CT molecular complexity index is 1180. The molecule has 0 atom stereocenters. The molecule has 0 amide bonds. The van der Waals surface area contributed by atoms with E-state index in [1.807, 2.05) is 0 Å². The van der Waals surface area contributed by atoms with Crippen LogP contribution in [0.2, 0.25) is 0 Å². The maximum atomic E-state index is 15.1. The third kappa shape index (κ3) is 3.66. The predicted molar refractivity (Wildman–Crippen MR) is 107 cm³/mol. The molecular formula is C22H21F5N4. The number of nitrogens with zero attached hydrogens (tertiary/aromatic N) is 3. The molecule has 2 heterocycles. The summed E-state index contributed by atoms with van der Waals surface area (Å²) in [5, 5.41) is 3.17. The zero-order chi connectivity index (χ0) is 22.6. The molecule has 1 aliphatic carbocycles. The summed E-state index contributed by atoms with van der Waals surface area (Å²) in [6.07, 6.45) is 2.66. The van der Waals surface area contributed by atoms with Gasteiger partial charge in [0.05, 0.1) is 22.0 Å². The third-order valence-electron chi connectivity index (χ3n) is 5.65. The zero-order valence-electron chi connectivity index (χ0n) is 17.1. The fraction of sp³-hybridized carbons (Fsp3) is 0.364. The highest BCUT2D eigenvalue weighted by molar-refractivity contribution is 5.64. The highest BCUT2D eigenvalue weighted by atomic mass is 19.3. The molecule has 2 aromatic rings. The van der Waals surface area contributed by atoms with E-state index < -0.39 is 35.3 Å². The van der Waals surface area contributed by atoms with Crippen molar-refractivity contribution in [2.75, 3.05) is 12.0 Å². The first-order valence-corrected chi connectivity index (χ1v) is 9.78. The molecule has 0 radical (unpaired) electrons. The zero-order valence-corrected chi connectivity index (χ0v) is 17.1. The lowest BCUT2D eigenvalue weighted by atomic mass is 10.0. The van der Waals surface area contributed by atoms with E-state index in [9.17, 15) is 17.6 Å². The number of hydrogen-bond acceptors (Lipinski definition) is 4. The Morgan fingerprint density at radius 3 is 2.55 bits per heavy atom. The topological polar surface area (TPSA) is 41.1 Å². The molecule has 1 aliphatic heterocycles. The molecule has 164 valence electrons. The molecular weight excluding hydrogens is 415 g/mol. The summed E-state index contributed by atoms with van der Waals surface area (Å²) in [7, 11) is 0. The Morgan fingerprint density at radius 2 is 1.94 bits per heavy atom. The average Bonchev–Trinajstić information content (AvgIpc) is 3.50. The fourth-order valence-corrected chi connectivity index (χ4v) is 3.70. The number of fused-ring (bicyclic) bond motifs is 1. The second kappa shape index (κ2) is 7.32. The number of nitrogens with one attached hydrogen (secondary N) is 1. The summed E-state index contributed by atoms with van der Waals surface area (Å²) in [5.41, 5.74) is -1.51. The molecule has 1 aromatic heterocycles. The molecule has 4 nitrogen and oxygen atoms in total.